The van der Waals surface area contributed by atoms with Gasteiger partial charge in [0.1, 0.15) is 0 Å². The number of hydrogen-bond acceptors (Lipinski definition) is 4. The molecule has 0 spiro atoms. The van der Waals surface area contributed by atoms with Crippen LogP contribution in [0, 0.1) is 6.92 Å². The van der Waals surface area contributed by atoms with E-state index in [2.05, 4.69) is 9.88 Å². The van der Waals surface area contributed by atoms with Crippen LogP contribution in [-0.2, 0) is 4.74 Å². The summed E-state index contributed by atoms with van der Waals surface area (Å²) in [5.41, 5.74) is 7.85. The lowest BCUT2D eigenvalue weighted by Crippen LogP contribution is -2.31. The van der Waals surface area contributed by atoms with Gasteiger partial charge in [-0.25, -0.2) is 0 Å². The highest BCUT2D eigenvalue weighted by atomic mass is 32.1. The van der Waals surface area contributed by atoms with Crippen LogP contribution in [0.25, 0.3) is 0 Å². The molecule has 0 aliphatic rings. The molecule has 0 atom stereocenters. The number of aryl methyl sites for hydroxylation is 1. The molecule has 0 bridgehead atoms. The van der Waals surface area contributed by atoms with Crippen LogP contribution in [0.4, 0.5) is 5.69 Å². The standard InChI is InChI=1S/C12H19N3OS/c1-10-9-14-5-3-11(10)15(7-8-16-2)6-4-12(13)17/h3,5,9H,4,6-8H2,1-2H3,(H2,13,17). The number of thiocarbonyl (C=S) groups is 1. The van der Waals surface area contributed by atoms with Crippen molar-refractivity contribution in [1.29, 1.82) is 0 Å². The lowest BCUT2D eigenvalue weighted by molar-refractivity contribution is 0.205. The van der Waals surface area contributed by atoms with Crippen molar-refractivity contribution in [2.75, 3.05) is 31.7 Å². The van der Waals surface area contributed by atoms with E-state index in [9.17, 15) is 0 Å². The van der Waals surface area contributed by atoms with Gasteiger partial charge in [-0.15, -0.1) is 0 Å². The van der Waals surface area contributed by atoms with Gasteiger partial charge in [-0.05, 0) is 18.6 Å². The van der Waals surface area contributed by atoms with Crippen molar-refractivity contribution in [3.8, 4) is 0 Å². The van der Waals surface area contributed by atoms with Crippen LogP contribution in [0.15, 0.2) is 18.5 Å². The highest BCUT2D eigenvalue weighted by molar-refractivity contribution is 7.80. The quantitative estimate of drug-likeness (QED) is 0.747. The Morgan fingerprint density at radius 2 is 2.29 bits per heavy atom. The van der Waals surface area contributed by atoms with Crippen molar-refractivity contribution in [1.82, 2.24) is 4.98 Å². The molecule has 0 aliphatic heterocycles. The second-order valence-electron chi connectivity index (χ2n) is 3.86. The molecule has 0 radical (unpaired) electrons. The summed E-state index contributed by atoms with van der Waals surface area (Å²) in [5, 5.41) is 0. The minimum atomic E-state index is 0.541. The molecule has 4 nitrogen and oxygen atoms in total. The molecule has 2 N–H and O–H groups in total. The number of anilines is 1. The molecule has 17 heavy (non-hydrogen) atoms. The SMILES string of the molecule is COCCN(CCC(N)=S)c1ccncc1C. The van der Waals surface area contributed by atoms with Gasteiger partial charge in [0, 0.05) is 44.7 Å². The van der Waals surface area contributed by atoms with E-state index < -0.39 is 0 Å². The van der Waals surface area contributed by atoms with E-state index in [4.69, 9.17) is 22.7 Å². The summed E-state index contributed by atoms with van der Waals surface area (Å²) >= 11 is 4.92. The summed E-state index contributed by atoms with van der Waals surface area (Å²) in [5.74, 6) is 0. The lowest BCUT2D eigenvalue weighted by Gasteiger charge is -2.25. The Labute approximate surface area is 108 Å². The van der Waals surface area contributed by atoms with E-state index >= 15 is 0 Å². The number of hydrogen-bond donors (Lipinski definition) is 1. The van der Waals surface area contributed by atoms with Crippen molar-refractivity contribution in [3.63, 3.8) is 0 Å². The number of rotatable bonds is 7. The second-order valence-corrected chi connectivity index (χ2v) is 4.38. The van der Waals surface area contributed by atoms with E-state index in [0.29, 0.717) is 18.0 Å². The minimum absolute atomic E-state index is 0.541. The van der Waals surface area contributed by atoms with Gasteiger partial charge in [-0.1, -0.05) is 12.2 Å². The summed E-state index contributed by atoms with van der Waals surface area (Å²) < 4.78 is 5.12. The van der Waals surface area contributed by atoms with Gasteiger partial charge < -0.3 is 15.4 Å². The minimum Gasteiger partial charge on any atom is -0.393 e. The van der Waals surface area contributed by atoms with Crippen molar-refractivity contribution in [2.45, 2.75) is 13.3 Å². The average molecular weight is 253 g/mol. The first-order valence-electron chi connectivity index (χ1n) is 5.58. The highest BCUT2D eigenvalue weighted by Gasteiger charge is 2.09. The van der Waals surface area contributed by atoms with Crippen LogP contribution in [0.5, 0.6) is 0 Å². The molecule has 1 aromatic heterocycles. The molecule has 1 rings (SSSR count). The molecule has 0 saturated carbocycles. The number of methoxy groups -OCH3 is 1. The molecule has 5 heteroatoms. The van der Waals surface area contributed by atoms with Crippen molar-refractivity contribution in [2.24, 2.45) is 5.73 Å². The summed E-state index contributed by atoms with van der Waals surface area (Å²) in [4.78, 5) is 6.86. The summed E-state index contributed by atoms with van der Waals surface area (Å²) in [7, 11) is 1.70. The van der Waals surface area contributed by atoms with E-state index in [1.807, 2.05) is 19.2 Å². The van der Waals surface area contributed by atoms with Gasteiger partial charge in [0.25, 0.3) is 0 Å². The van der Waals surface area contributed by atoms with Crippen LogP contribution < -0.4 is 10.6 Å². The fourth-order valence-electron chi connectivity index (χ4n) is 1.62. The molecule has 1 aromatic rings. The zero-order chi connectivity index (χ0) is 12.7. The van der Waals surface area contributed by atoms with Crippen LogP contribution in [0.3, 0.4) is 0 Å². The van der Waals surface area contributed by atoms with Crippen LogP contribution in [0.2, 0.25) is 0 Å². The van der Waals surface area contributed by atoms with Gasteiger partial charge in [-0.2, -0.15) is 0 Å². The fraction of sp³-hybridized carbons (Fsp3) is 0.500. The zero-order valence-electron chi connectivity index (χ0n) is 10.3. The number of ether oxygens (including phenoxy) is 1. The maximum atomic E-state index is 5.55. The largest absolute Gasteiger partial charge is 0.393 e. The smallest absolute Gasteiger partial charge is 0.0745 e. The predicted octanol–water partition coefficient (Wildman–Crippen LogP) is 1.52. The maximum Gasteiger partial charge on any atom is 0.0745 e. The molecule has 0 aromatic carbocycles. The normalized spacial score (nSPS) is 10.2. The molecule has 1 heterocycles. The first-order valence-corrected chi connectivity index (χ1v) is 5.98. The molecule has 0 unspecified atom stereocenters. The van der Waals surface area contributed by atoms with E-state index in [0.717, 1.165) is 24.3 Å². The molecule has 0 saturated heterocycles. The molecule has 0 fully saturated rings. The van der Waals surface area contributed by atoms with Gasteiger partial charge in [-0.3, -0.25) is 4.98 Å². The Balaban J connectivity index is 2.74. The molecule has 0 amide bonds. The van der Waals surface area contributed by atoms with E-state index in [1.165, 1.54) is 0 Å². The summed E-state index contributed by atoms with van der Waals surface area (Å²) in [6.45, 7) is 4.36. The van der Waals surface area contributed by atoms with Crippen molar-refractivity contribution >= 4 is 22.9 Å². The summed E-state index contributed by atoms with van der Waals surface area (Å²) in [6, 6.07) is 2.00. The Morgan fingerprint density at radius 3 is 2.88 bits per heavy atom. The number of aromatic nitrogens is 1. The molecule has 94 valence electrons. The Hall–Kier alpha value is -1.20. The van der Waals surface area contributed by atoms with E-state index in [1.54, 1.807) is 13.3 Å². The van der Waals surface area contributed by atoms with Gasteiger partial charge in [0.15, 0.2) is 0 Å². The molecule has 0 aliphatic carbocycles. The first-order chi connectivity index (χ1) is 8.15. The molecular weight excluding hydrogens is 234 g/mol. The second kappa shape index (κ2) is 7.19. The van der Waals surface area contributed by atoms with Crippen molar-refractivity contribution < 1.29 is 4.74 Å². The van der Waals surface area contributed by atoms with Crippen LogP contribution >= 0.6 is 12.2 Å². The third-order valence-electron chi connectivity index (χ3n) is 2.52. The number of pyridine rings is 1. The van der Waals surface area contributed by atoms with Crippen molar-refractivity contribution in [3.05, 3.63) is 24.0 Å². The van der Waals surface area contributed by atoms with Gasteiger partial charge in [0.2, 0.25) is 0 Å². The zero-order valence-corrected chi connectivity index (χ0v) is 11.2. The third kappa shape index (κ3) is 4.66. The number of nitrogens with zero attached hydrogens (tertiary/aromatic N) is 2. The highest BCUT2D eigenvalue weighted by Crippen LogP contribution is 2.18. The first kappa shape index (κ1) is 13.9. The van der Waals surface area contributed by atoms with Crippen LogP contribution in [-0.4, -0.2) is 36.8 Å². The van der Waals surface area contributed by atoms with E-state index in [-0.39, 0.29) is 0 Å². The van der Waals surface area contributed by atoms with Gasteiger partial charge in [0.05, 0.1) is 11.6 Å². The predicted molar refractivity (Wildman–Crippen MR) is 74.5 cm³/mol. The monoisotopic (exact) mass is 253 g/mol. The molecular formula is C12H19N3OS. The lowest BCUT2D eigenvalue weighted by atomic mass is 10.2. The van der Waals surface area contributed by atoms with Gasteiger partial charge >= 0.3 is 0 Å². The summed E-state index contributed by atoms with van der Waals surface area (Å²) in [6.07, 6.45) is 4.36. The fourth-order valence-corrected chi connectivity index (χ4v) is 1.71. The Morgan fingerprint density at radius 1 is 1.53 bits per heavy atom. The topological polar surface area (TPSA) is 51.4 Å². The maximum absolute atomic E-state index is 5.55. The number of nitrogens with two attached hydrogens (primary N) is 1. The third-order valence-corrected chi connectivity index (χ3v) is 2.73. The van der Waals surface area contributed by atoms with Crippen LogP contribution in [0.1, 0.15) is 12.0 Å². The Bertz CT molecular complexity index is 371. The average Bonchev–Trinajstić information content (AvgIpc) is 2.30. The Kier molecular flexibility index (Phi) is 5.86.